The third-order valence-corrected chi connectivity index (χ3v) is 8.15. The summed E-state index contributed by atoms with van der Waals surface area (Å²) in [5.41, 5.74) is 5.43. The number of hydrogen-bond acceptors (Lipinski definition) is 5. The number of hydrogen-bond donors (Lipinski definition) is 3. The van der Waals surface area contributed by atoms with Crippen molar-refractivity contribution in [1.82, 2.24) is 10.6 Å². The van der Waals surface area contributed by atoms with Crippen molar-refractivity contribution < 1.29 is 29.0 Å². The van der Waals surface area contributed by atoms with Gasteiger partial charge < -0.3 is 25.2 Å². The predicted octanol–water partition coefficient (Wildman–Crippen LogP) is 5.26. The first kappa shape index (κ1) is 28.4. The van der Waals surface area contributed by atoms with Crippen molar-refractivity contribution in [2.45, 2.75) is 63.3 Å². The number of amides is 2. The number of aliphatic carboxylic acids is 1. The number of ether oxygens (including phenoxy) is 2. The molecular formula is C33H36N2O6. The summed E-state index contributed by atoms with van der Waals surface area (Å²) in [5.74, 6) is -1.66. The zero-order valence-electron chi connectivity index (χ0n) is 23.1. The van der Waals surface area contributed by atoms with Gasteiger partial charge >= 0.3 is 12.1 Å². The van der Waals surface area contributed by atoms with Crippen LogP contribution in [0.2, 0.25) is 0 Å². The van der Waals surface area contributed by atoms with E-state index in [1.54, 1.807) is 6.92 Å². The fraction of sp³-hybridized carbons (Fsp3) is 0.364. The summed E-state index contributed by atoms with van der Waals surface area (Å²) in [7, 11) is 0. The lowest BCUT2D eigenvalue weighted by Gasteiger charge is -2.30. The third kappa shape index (κ3) is 6.77. The third-order valence-electron chi connectivity index (χ3n) is 8.15. The molecule has 0 aromatic heterocycles. The Morgan fingerprint density at radius 2 is 1.44 bits per heavy atom. The quantitative estimate of drug-likeness (QED) is 0.314. The highest BCUT2D eigenvalue weighted by Gasteiger charge is 2.34. The van der Waals surface area contributed by atoms with Gasteiger partial charge in [-0.2, -0.15) is 0 Å². The highest BCUT2D eigenvalue weighted by molar-refractivity contribution is 5.86. The Labute approximate surface area is 240 Å². The van der Waals surface area contributed by atoms with Gasteiger partial charge in [-0.15, -0.1) is 0 Å². The minimum Gasteiger partial charge on any atom is -0.481 e. The first-order valence-electron chi connectivity index (χ1n) is 14.2. The molecule has 214 valence electrons. The molecule has 0 heterocycles. The molecule has 0 spiro atoms. The van der Waals surface area contributed by atoms with Crippen molar-refractivity contribution in [3.8, 4) is 11.1 Å². The molecule has 3 aromatic carbocycles. The van der Waals surface area contributed by atoms with Crippen LogP contribution in [0.4, 0.5) is 4.79 Å². The van der Waals surface area contributed by atoms with Crippen LogP contribution in [0.5, 0.6) is 0 Å². The van der Waals surface area contributed by atoms with Gasteiger partial charge in [0.1, 0.15) is 12.6 Å². The molecule has 2 unspecified atom stereocenters. The van der Waals surface area contributed by atoms with Crippen molar-refractivity contribution >= 4 is 18.0 Å². The number of carbonyl (C=O) groups excluding carboxylic acids is 2. The van der Waals surface area contributed by atoms with Crippen LogP contribution in [0.1, 0.15) is 55.2 Å². The summed E-state index contributed by atoms with van der Waals surface area (Å²) in [6, 6.07) is 24.7. The van der Waals surface area contributed by atoms with Gasteiger partial charge in [0.05, 0.1) is 18.6 Å². The summed E-state index contributed by atoms with van der Waals surface area (Å²) in [4.78, 5) is 37.8. The first-order chi connectivity index (χ1) is 19.9. The second-order valence-corrected chi connectivity index (χ2v) is 10.8. The van der Waals surface area contributed by atoms with Crippen molar-refractivity contribution in [3.05, 3.63) is 95.6 Å². The van der Waals surface area contributed by atoms with Crippen molar-refractivity contribution in [2.75, 3.05) is 6.61 Å². The van der Waals surface area contributed by atoms with Gasteiger partial charge in [-0.3, -0.25) is 9.59 Å². The Morgan fingerprint density at radius 3 is 2.05 bits per heavy atom. The van der Waals surface area contributed by atoms with E-state index in [0.717, 1.165) is 27.8 Å². The fourth-order valence-electron chi connectivity index (χ4n) is 5.84. The molecule has 3 N–H and O–H groups in total. The second-order valence-electron chi connectivity index (χ2n) is 10.8. The molecule has 1 saturated carbocycles. The van der Waals surface area contributed by atoms with E-state index in [4.69, 9.17) is 9.47 Å². The fourth-order valence-corrected chi connectivity index (χ4v) is 5.84. The maximum atomic E-state index is 13.4. The number of fused-ring (bicyclic) bond motifs is 3. The van der Waals surface area contributed by atoms with Crippen LogP contribution in [-0.4, -0.2) is 47.9 Å². The van der Waals surface area contributed by atoms with Gasteiger partial charge in [0.15, 0.2) is 0 Å². The average molecular weight is 557 g/mol. The van der Waals surface area contributed by atoms with E-state index in [1.807, 2.05) is 54.6 Å². The van der Waals surface area contributed by atoms with Gasteiger partial charge in [-0.05, 0) is 60.4 Å². The largest absolute Gasteiger partial charge is 0.481 e. The Balaban J connectivity index is 1.24. The number of nitrogens with one attached hydrogen (secondary N) is 2. The standard InChI is InChI=1S/C33H36N2O6/c1-21(40-19-22-9-3-2-4-10-22)30(31(36)34-24-17-15-23(16-18-24)32(37)38)35-33(39)41-20-29-27-13-7-5-11-25(27)26-12-6-8-14-28(26)29/h2-14,21,23-24,29-30H,15-20H2,1H3,(H,34,36)(H,35,39)(H,37,38). The van der Waals surface area contributed by atoms with Crippen molar-refractivity contribution in [1.29, 1.82) is 0 Å². The molecule has 8 heteroatoms. The Morgan fingerprint density at radius 1 is 0.854 bits per heavy atom. The van der Waals surface area contributed by atoms with E-state index >= 15 is 0 Å². The molecule has 41 heavy (non-hydrogen) atoms. The molecule has 2 amide bonds. The Kier molecular flexibility index (Phi) is 8.99. The predicted molar refractivity (Wildman–Crippen MR) is 154 cm³/mol. The molecule has 0 bridgehead atoms. The van der Waals surface area contributed by atoms with Gasteiger partial charge in [-0.1, -0.05) is 78.9 Å². The zero-order valence-corrected chi connectivity index (χ0v) is 23.1. The maximum Gasteiger partial charge on any atom is 0.407 e. The molecule has 2 atom stereocenters. The van der Waals surface area contributed by atoms with Crippen LogP contribution in [0.25, 0.3) is 11.1 Å². The van der Waals surface area contributed by atoms with E-state index in [9.17, 15) is 19.5 Å². The monoisotopic (exact) mass is 556 g/mol. The molecule has 0 radical (unpaired) electrons. The number of alkyl carbamates (subject to hydrolysis) is 1. The van der Waals surface area contributed by atoms with Crippen LogP contribution in [-0.2, 0) is 25.7 Å². The Bertz CT molecular complexity index is 1320. The topological polar surface area (TPSA) is 114 Å². The highest BCUT2D eigenvalue weighted by atomic mass is 16.5. The van der Waals surface area contributed by atoms with E-state index in [1.165, 1.54) is 0 Å². The zero-order chi connectivity index (χ0) is 28.8. The minimum atomic E-state index is -0.994. The second kappa shape index (κ2) is 13.0. The van der Waals surface area contributed by atoms with Crippen molar-refractivity contribution in [2.24, 2.45) is 5.92 Å². The van der Waals surface area contributed by atoms with Crippen LogP contribution in [0.3, 0.4) is 0 Å². The smallest absolute Gasteiger partial charge is 0.407 e. The molecule has 8 nitrogen and oxygen atoms in total. The molecular weight excluding hydrogens is 520 g/mol. The lowest BCUT2D eigenvalue weighted by molar-refractivity contribution is -0.142. The summed E-state index contributed by atoms with van der Waals surface area (Å²) in [5, 5.41) is 15.0. The Hall–Kier alpha value is -4.17. The molecule has 0 aliphatic heterocycles. The van der Waals surface area contributed by atoms with Crippen LogP contribution in [0, 0.1) is 5.92 Å². The number of carbonyl (C=O) groups is 3. The number of benzene rings is 3. The summed E-state index contributed by atoms with van der Waals surface area (Å²) in [6.45, 7) is 2.16. The number of carboxylic acid groups (broad SMARTS) is 1. The maximum absolute atomic E-state index is 13.4. The first-order valence-corrected chi connectivity index (χ1v) is 14.2. The summed E-state index contributed by atoms with van der Waals surface area (Å²) in [6.07, 6.45) is 0.803. The summed E-state index contributed by atoms with van der Waals surface area (Å²) >= 11 is 0. The van der Waals surface area contributed by atoms with E-state index < -0.39 is 24.2 Å². The minimum absolute atomic E-state index is 0.100. The summed E-state index contributed by atoms with van der Waals surface area (Å²) < 4.78 is 11.7. The molecule has 2 aliphatic carbocycles. The van der Waals surface area contributed by atoms with E-state index in [-0.39, 0.29) is 37.0 Å². The lowest BCUT2D eigenvalue weighted by atomic mass is 9.86. The highest BCUT2D eigenvalue weighted by Crippen LogP contribution is 2.44. The van der Waals surface area contributed by atoms with Gasteiger partial charge in [0.2, 0.25) is 5.91 Å². The van der Waals surface area contributed by atoms with Gasteiger partial charge in [0, 0.05) is 12.0 Å². The molecule has 5 rings (SSSR count). The van der Waals surface area contributed by atoms with Gasteiger partial charge in [0.25, 0.3) is 0 Å². The van der Waals surface area contributed by atoms with Gasteiger partial charge in [-0.25, -0.2) is 4.79 Å². The molecule has 1 fully saturated rings. The van der Waals surface area contributed by atoms with Crippen LogP contribution in [0.15, 0.2) is 78.9 Å². The van der Waals surface area contributed by atoms with Crippen molar-refractivity contribution in [3.63, 3.8) is 0 Å². The van der Waals surface area contributed by atoms with E-state index in [2.05, 4.69) is 34.9 Å². The lowest BCUT2D eigenvalue weighted by Crippen LogP contribution is -2.55. The SMILES string of the molecule is CC(OCc1ccccc1)C(NC(=O)OCC1c2ccccc2-c2ccccc21)C(=O)NC1CCC(C(=O)O)CC1. The number of carboxylic acids is 1. The van der Waals surface area contributed by atoms with Crippen LogP contribution < -0.4 is 10.6 Å². The molecule has 0 saturated heterocycles. The van der Waals surface area contributed by atoms with E-state index in [0.29, 0.717) is 25.7 Å². The number of rotatable bonds is 10. The molecule has 2 aliphatic rings. The van der Waals surface area contributed by atoms with Crippen LogP contribution >= 0.6 is 0 Å². The average Bonchev–Trinajstić information content (AvgIpc) is 3.32. The normalized spacial score (nSPS) is 19.3. The molecule has 3 aromatic rings.